The summed E-state index contributed by atoms with van der Waals surface area (Å²) in [6.07, 6.45) is 3.69. The fourth-order valence-electron chi connectivity index (χ4n) is 0.862. The van der Waals surface area contributed by atoms with E-state index in [4.69, 9.17) is 9.16 Å². The van der Waals surface area contributed by atoms with Crippen LogP contribution in [0.4, 0.5) is 0 Å². The number of rotatable bonds is 8. The Labute approximate surface area is 72.2 Å². The van der Waals surface area contributed by atoms with Crippen LogP contribution in [-0.4, -0.2) is 30.1 Å². The van der Waals surface area contributed by atoms with Crippen molar-refractivity contribution in [2.75, 3.05) is 20.3 Å². The molecule has 0 aliphatic carbocycles. The molecule has 0 N–H and O–H groups in total. The maximum atomic E-state index is 5.50. The Bertz CT molecular complexity index is 61.1. The molecule has 0 radical (unpaired) electrons. The van der Waals surface area contributed by atoms with Gasteiger partial charge in [-0.25, -0.2) is 0 Å². The van der Waals surface area contributed by atoms with Crippen LogP contribution in [0.3, 0.4) is 0 Å². The topological polar surface area (TPSA) is 18.5 Å². The first-order chi connectivity index (χ1) is 5.41. The lowest BCUT2D eigenvalue weighted by molar-refractivity contribution is 0.173. The Morgan fingerprint density at radius 2 is 2.00 bits per heavy atom. The summed E-state index contributed by atoms with van der Waals surface area (Å²) in [6.45, 7) is 3.96. The van der Waals surface area contributed by atoms with Gasteiger partial charge < -0.3 is 9.16 Å². The van der Waals surface area contributed by atoms with Gasteiger partial charge in [-0.3, -0.25) is 0 Å². The summed E-state index contributed by atoms with van der Waals surface area (Å²) in [6, 6.07) is 1.34. The van der Waals surface area contributed by atoms with E-state index in [0.29, 0.717) is 0 Å². The quantitative estimate of drug-likeness (QED) is 0.410. The molecule has 0 aliphatic rings. The molecule has 0 aromatic heterocycles. The first-order valence-electron chi connectivity index (χ1n) is 4.48. The van der Waals surface area contributed by atoms with Crippen LogP contribution in [0, 0.1) is 0 Å². The Morgan fingerprint density at radius 3 is 2.64 bits per heavy atom. The van der Waals surface area contributed by atoms with Crippen LogP contribution in [-0.2, 0) is 9.16 Å². The monoisotopic (exact) mass is 176 g/mol. The van der Waals surface area contributed by atoms with Gasteiger partial charge in [0.05, 0.1) is 0 Å². The molecular weight excluding hydrogens is 156 g/mol. The highest BCUT2D eigenvalue weighted by Gasteiger charge is 1.89. The van der Waals surface area contributed by atoms with Gasteiger partial charge in [-0.05, 0) is 12.5 Å². The molecule has 0 bridgehead atoms. The molecule has 0 saturated heterocycles. The molecule has 0 amide bonds. The Balaban J connectivity index is 2.69. The molecule has 0 aromatic carbocycles. The summed E-state index contributed by atoms with van der Waals surface area (Å²) in [5.74, 6) is 0. The molecule has 0 unspecified atom stereocenters. The van der Waals surface area contributed by atoms with Crippen molar-refractivity contribution in [2.24, 2.45) is 0 Å². The molecule has 0 fully saturated rings. The minimum absolute atomic E-state index is 0.183. The van der Waals surface area contributed by atoms with Gasteiger partial charge in [0.15, 0.2) is 9.76 Å². The van der Waals surface area contributed by atoms with E-state index in [1.165, 1.54) is 18.9 Å². The SMILES string of the molecule is CCCC[SiH2]OCCCOC. The van der Waals surface area contributed by atoms with E-state index in [-0.39, 0.29) is 9.76 Å². The highest BCUT2D eigenvalue weighted by molar-refractivity contribution is 6.26. The van der Waals surface area contributed by atoms with Crippen LogP contribution in [0.5, 0.6) is 0 Å². The van der Waals surface area contributed by atoms with Gasteiger partial charge >= 0.3 is 0 Å². The van der Waals surface area contributed by atoms with Crippen molar-refractivity contribution in [1.82, 2.24) is 0 Å². The molecule has 0 aliphatic heterocycles. The van der Waals surface area contributed by atoms with E-state index in [9.17, 15) is 0 Å². The molecule has 0 spiro atoms. The van der Waals surface area contributed by atoms with Crippen molar-refractivity contribution < 1.29 is 9.16 Å². The van der Waals surface area contributed by atoms with E-state index in [1.54, 1.807) is 7.11 Å². The lowest BCUT2D eigenvalue weighted by Gasteiger charge is -2.01. The third-order valence-electron chi connectivity index (χ3n) is 1.53. The zero-order valence-electron chi connectivity index (χ0n) is 7.77. The summed E-state index contributed by atoms with van der Waals surface area (Å²) in [5, 5.41) is 0. The summed E-state index contributed by atoms with van der Waals surface area (Å²) in [4.78, 5) is 0. The highest BCUT2D eigenvalue weighted by Crippen LogP contribution is 1.93. The number of methoxy groups -OCH3 is 1. The van der Waals surface area contributed by atoms with Crippen LogP contribution in [0.15, 0.2) is 0 Å². The Kier molecular flexibility index (Phi) is 10.3. The van der Waals surface area contributed by atoms with Crippen molar-refractivity contribution in [3.05, 3.63) is 0 Å². The van der Waals surface area contributed by atoms with Gasteiger partial charge in [0.1, 0.15) is 0 Å². The minimum atomic E-state index is -0.183. The minimum Gasteiger partial charge on any atom is -0.424 e. The van der Waals surface area contributed by atoms with E-state index in [0.717, 1.165) is 19.6 Å². The molecule has 2 nitrogen and oxygen atoms in total. The van der Waals surface area contributed by atoms with Crippen LogP contribution in [0.1, 0.15) is 26.2 Å². The fourth-order valence-corrected chi connectivity index (χ4v) is 2.18. The molecule has 0 saturated carbocycles. The molecule has 0 aromatic rings. The highest BCUT2D eigenvalue weighted by atomic mass is 28.2. The first kappa shape index (κ1) is 11.1. The second kappa shape index (κ2) is 10.1. The third-order valence-corrected chi connectivity index (χ3v) is 2.90. The molecular formula is C8H20O2Si. The van der Waals surface area contributed by atoms with Gasteiger partial charge in [-0.2, -0.15) is 0 Å². The average molecular weight is 176 g/mol. The maximum absolute atomic E-state index is 5.50. The molecule has 3 heteroatoms. The standard InChI is InChI=1S/C8H20O2Si/c1-3-4-8-11-10-7-5-6-9-2/h3-8,11H2,1-2H3. The zero-order valence-corrected chi connectivity index (χ0v) is 9.18. The van der Waals surface area contributed by atoms with Gasteiger partial charge in [0.25, 0.3) is 0 Å². The van der Waals surface area contributed by atoms with Crippen molar-refractivity contribution in [3.8, 4) is 0 Å². The van der Waals surface area contributed by atoms with E-state index >= 15 is 0 Å². The number of unbranched alkanes of at least 4 members (excludes halogenated alkanes) is 1. The van der Waals surface area contributed by atoms with Gasteiger partial charge in [-0.1, -0.05) is 19.8 Å². The summed E-state index contributed by atoms with van der Waals surface area (Å²) in [7, 11) is 1.55. The number of hydrogen-bond donors (Lipinski definition) is 0. The third kappa shape index (κ3) is 10.1. The van der Waals surface area contributed by atoms with Crippen LogP contribution in [0.2, 0.25) is 6.04 Å². The molecule has 11 heavy (non-hydrogen) atoms. The van der Waals surface area contributed by atoms with Crippen LogP contribution < -0.4 is 0 Å². The van der Waals surface area contributed by atoms with Crippen LogP contribution >= 0.6 is 0 Å². The summed E-state index contributed by atoms with van der Waals surface area (Å²) >= 11 is 0. The van der Waals surface area contributed by atoms with Gasteiger partial charge in [-0.15, -0.1) is 0 Å². The predicted molar refractivity (Wildman–Crippen MR) is 50.7 cm³/mol. The molecule has 0 rings (SSSR count). The van der Waals surface area contributed by atoms with E-state index in [1.807, 2.05) is 0 Å². The van der Waals surface area contributed by atoms with Crippen molar-refractivity contribution >= 4 is 9.76 Å². The number of hydrogen-bond acceptors (Lipinski definition) is 2. The summed E-state index contributed by atoms with van der Waals surface area (Å²) in [5.41, 5.74) is 0. The largest absolute Gasteiger partial charge is 0.424 e. The normalized spacial score (nSPS) is 11.5. The maximum Gasteiger partial charge on any atom is 0.161 e. The molecule has 68 valence electrons. The van der Waals surface area contributed by atoms with Gasteiger partial charge in [0.2, 0.25) is 0 Å². The summed E-state index contributed by atoms with van der Waals surface area (Å²) < 4.78 is 10.4. The average Bonchev–Trinajstić information content (AvgIpc) is 2.03. The zero-order chi connectivity index (χ0) is 8.36. The second-order valence-electron chi connectivity index (χ2n) is 2.67. The van der Waals surface area contributed by atoms with Crippen LogP contribution in [0.25, 0.3) is 0 Å². The Morgan fingerprint density at radius 1 is 1.18 bits per heavy atom. The Hall–Kier alpha value is 0.137. The molecule has 0 heterocycles. The van der Waals surface area contributed by atoms with E-state index in [2.05, 4.69) is 6.92 Å². The first-order valence-corrected chi connectivity index (χ1v) is 6.06. The van der Waals surface area contributed by atoms with Crippen molar-refractivity contribution in [3.63, 3.8) is 0 Å². The predicted octanol–water partition coefficient (Wildman–Crippen LogP) is 1.34. The smallest absolute Gasteiger partial charge is 0.161 e. The van der Waals surface area contributed by atoms with Crippen molar-refractivity contribution in [2.45, 2.75) is 32.2 Å². The molecule has 0 atom stereocenters. The number of ether oxygens (including phenoxy) is 1. The van der Waals surface area contributed by atoms with E-state index < -0.39 is 0 Å². The van der Waals surface area contributed by atoms with Gasteiger partial charge in [0, 0.05) is 20.3 Å². The lowest BCUT2D eigenvalue weighted by Crippen LogP contribution is -2.02. The second-order valence-corrected chi connectivity index (χ2v) is 4.19. The lowest BCUT2D eigenvalue weighted by atomic mass is 10.4. The van der Waals surface area contributed by atoms with Crippen molar-refractivity contribution in [1.29, 1.82) is 0 Å². The fraction of sp³-hybridized carbons (Fsp3) is 1.00.